The van der Waals surface area contributed by atoms with Crippen molar-refractivity contribution in [1.82, 2.24) is 15.0 Å². The van der Waals surface area contributed by atoms with Gasteiger partial charge < -0.3 is 16.4 Å². The number of piperidine rings is 1. The summed E-state index contributed by atoms with van der Waals surface area (Å²) in [4.78, 5) is 24.7. The minimum Gasteiger partial charge on any atom is -0.369 e. The van der Waals surface area contributed by atoms with Crippen molar-refractivity contribution in [2.45, 2.75) is 12.8 Å². The van der Waals surface area contributed by atoms with Crippen LogP contribution in [0.1, 0.15) is 12.8 Å². The number of anilines is 2. The number of halogens is 1. The largest absolute Gasteiger partial charge is 0.369 e. The smallest absolute Gasteiger partial charge is 0.231 e. The van der Waals surface area contributed by atoms with E-state index in [9.17, 15) is 4.79 Å². The van der Waals surface area contributed by atoms with E-state index in [1.54, 1.807) is 0 Å². The van der Waals surface area contributed by atoms with Gasteiger partial charge in [0.2, 0.25) is 23.1 Å². The number of hydrogen-bond acceptors (Lipinski definition) is 6. The summed E-state index contributed by atoms with van der Waals surface area (Å²) in [6.45, 7) is 1.25. The molecule has 1 fully saturated rings. The zero-order valence-electron chi connectivity index (χ0n) is 9.14. The van der Waals surface area contributed by atoms with Gasteiger partial charge in [-0.2, -0.15) is 15.0 Å². The van der Waals surface area contributed by atoms with Gasteiger partial charge in [-0.3, -0.25) is 4.79 Å². The average molecular weight is 257 g/mol. The van der Waals surface area contributed by atoms with Gasteiger partial charge in [-0.15, -0.1) is 0 Å². The topological polar surface area (TPSA) is 111 Å². The Morgan fingerprint density at radius 1 is 1.41 bits per heavy atom. The maximum absolute atomic E-state index is 11.2. The molecule has 1 aliphatic rings. The van der Waals surface area contributed by atoms with E-state index in [2.05, 4.69) is 15.0 Å². The summed E-state index contributed by atoms with van der Waals surface area (Å²) >= 11 is 5.71. The van der Waals surface area contributed by atoms with Crippen molar-refractivity contribution in [3.63, 3.8) is 0 Å². The summed E-state index contributed by atoms with van der Waals surface area (Å²) in [5.41, 5.74) is 10.8. The molecule has 1 aromatic rings. The van der Waals surface area contributed by atoms with Crippen LogP contribution in [-0.2, 0) is 4.79 Å². The van der Waals surface area contributed by atoms with E-state index in [0.29, 0.717) is 12.5 Å². The molecule has 4 N–H and O–H groups in total. The van der Waals surface area contributed by atoms with E-state index in [1.807, 2.05) is 4.90 Å². The minimum absolute atomic E-state index is 0.0497. The maximum atomic E-state index is 11.2. The van der Waals surface area contributed by atoms with Gasteiger partial charge in [0.1, 0.15) is 0 Å². The molecule has 0 radical (unpaired) electrons. The van der Waals surface area contributed by atoms with E-state index in [0.717, 1.165) is 19.4 Å². The van der Waals surface area contributed by atoms with E-state index >= 15 is 0 Å². The Bertz CT molecular complexity index is 419. The van der Waals surface area contributed by atoms with Gasteiger partial charge in [0.15, 0.2) is 0 Å². The van der Waals surface area contributed by atoms with E-state index in [1.165, 1.54) is 0 Å². The van der Waals surface area contributed by atoms with Crippen LogP contribution in [0.25, 0.3) is 0 Å². The molecule has 0 bridgehead atoms. The number of primary amides is 1. The third-order valence-electron chi connectivity index (χ3n) is 2.72. The van der Waals surface area contributed by atoms with Crippen LogP contribution in [0.3, 0.4) is 0 Å². The van der Waals surface area contributed by atoms with Crippen LogP contribution >= 0.6 is 11.6 Å². The number of nitrogens with two attached hydrogens (primary N) is 2. The minimum atomic E-state index is -0.303. The zero-order valence-corrected chi connectivity index (χ0v) is 9.89. The van der Waals surface area contributed by atoms with Gasteiger partial charge in [-0.1, -0.05) is 0 Å². The second-order valence-electron chi connectivity index (χ2n) is 3.95. The Kier molecular flexibility index (Phi) is 3.28. The number of rotatable bonds is 2. The second-order valence-corrected chi connectivity index (χ2v) is 4.29. The fraction of sp³-hybridized carbons (Fsp3) is 0.556. The quantitative estimate of drug-likeness (QED) is 0.759. The van der Waals surface area contributed by atoms with Gasteiger partial charge in [0, 0.05) is 13.1 Å². The lowest BCUT2D eigenvalue weighted by molar-refractivity contribution is -0.122. The molecule has 2 heterocycles. The molecule has 0 spiro atoms. The number of nitrogen functional groups attached to an aromatic ring is 1. The Morgan fingerprint density at radius 2 is 2.18 bits per heavy atom. The first-order valence-electron chi connectivity index (χ1n) is 5.27. The lowest BCUT2D eigenvalue weighted by Crippen LogP contribution is -2.42. The molecule has 1 aromatic heterocycles. The van der Waals surface area contributed by atoms with Crippen LogP contribution in [0.4, 0.5) is 11.9 Å². The van der Waals surface area contributed by atoms with E-state index in [-0.39, 0.29) is 23.1 Å². The summed E-state index contributed by atoms with van der Waals surface area (Å²) in [5.74, 6) is -0.0158. The molecule has 2 rings (SSSR count). The monoisotopic (exact) mass is 256 g/mol. The highest BCUT2D eigenvalue weighted by atomic mass is 35.5. The van der Waals surface area contributed by atoms with Crippen molar-refractivity contribution in [1.29, 1.82) is 0 Å². The number of nitrogens with zero attached hydrogens (tertiary/aromatic N) is 4. The van der Waals surface area contributed by atoms with Crippen LogP contribution in [0, 0.1) is 5.92 Å². The van der Waals surface area contributed by atoms with Crippen LogP contribution in [0.5, 0.6) is 0 Å². The summed E-state index contributed by atoms with van der Waals surface area (Å²) in [7, 11) is 0. The zero-order chi connectivity index (χ0) is 12.4. The van der Waals surface area contributed by atoms with Crippen molar-refractivity contribution >= 4 is 29.4 Å². The molecule has 0 saturated carbocycles. The molecule has 7 nitrogen and oxygen atoms in total. The first-order valence-corrected chi connectivity index (χ1v) is 5.65. The molecule has 0 aromatic carbocycles. The molecular formula is C9H13ClN6O. The highest BCUT2D eigenvalue weighted by Gasteiger charge is 2.25. The lowest BCUT2D eigenvalue weighted by Gasteiger charge is -2.31. The van der Waals surface area contributed by atoms with Gasteiger partial charge in [0.05, 0.1) is 5.92 Å². The second kappa shape index (κ2) is 4.70. The molecule has 0 aliphatic carbocycles. The normalized spacial score (nSPS) is 20.3. The van der Waals surface area contributed by atoms with Crippen LogP contribution in [0.2, 0.25) is 5.28 Å². The first-order chi connectivity index (χ1) is 8.06. The Hall–Kier alpha value is -1.63. The van der Waals surface area contributed by atoms with Gasteiger partial charge >= 0.3 is 0 Å². The summed E-state index contributed by atoms with van der Waals surface area (Å²) in [6, 6.07) is 0. The fourth-order valence-electron chi connectivity index (χ4n) is 1.89. The highest BCUT2D eigenvalue weighted by Crippen LogP contribution is 2.21. The lowest BCUT2D eigenvalue weighted by atomic mass is 9.98. The summed E-state index contributed by atoms with van der Waals surface area (Å²) in [5, 5.41) is 0.0497. The number of amides is 1. The standard InChI is InChI=1S/C9H13ClN6O/c10-7-13-8(12)15-9(14-7)16-3-1-2-5(4-16)6(11)17/h5H,1-4H2,(H2,11,17)(H2,12,13,14,15). The SMILES string of the molecule is NC(=O)C1CCCN(c2nc(N)nc(Cl)n2)C1. The molecule has 1 amide bonds. The van der Waals surface area contributed by atoms with Crippen LogP contribution in [0.15, 0.2) is 0 Å². The summed E-state index contributed by atoms with van der Waals surface area (Å²) < 4.78 is 0. The molecule has 17 heavy (non-hydrogen) atoms. The van der Waals surface area contributed by atoms with Crippen molar-refractivity contribution < 1.29 is 4.79 Å². The third kappa shape index (κ3) is 2.73. The number of hydrogen-bond donors (Lipinski definition) is 2. The number of carbonyl (C=O) groups is 1. The highest BCUT2D eigenvalue weighted by molar-refractivity contribution is 6.28. The molecule has 8 heteroatoms. The van der Waals surface area contributed by atoms with Crippen molar-refractivity contribution in [2.24, 2.45) is 11.7 Å². The van der Waals surface area contributed by atoms with E-state index in [4.69, 9.17) is 23.1 Å². The van der Waals surface area contributed by atoms with Crippen LogP contribution < -0.4 is 16.4 Å². The Balaban J connectivity index is 2.18. The van der Waals surface area contributed by atoms with Gasteiger partial charge in [-0.25, -0.2) is 0 Å². The number of aromatic nitrogens is 3. The average Bonchev–Trinajstić information content (AvgIpc) is 2.28. The van der Waals surface area contributed by atoms with E-state index < -0.39 is 0 Å². The van der Waals surface area contributed by atoms with Crippen molar-refractivity contribution in [2.75, 3.05) is 23.7 Å². The fourth-order valence-corrected chi connectivity index (χ4v) is 2.05. The molecule has 1 unspecified atom stereocenters. The number of carbonyl (C=O) groups excluding carboxylic acids is 1. The predicted molar refractivity (Wildman–Crippen MR) is 63.4 cm³/mol. The van der Waals surface area contributed by atoms with Gasteiger partial charge in [-0.05, 0) is 24.4 Å². The van der Waals surface area contributed by atoms with Crippen molar-refractivity contribution in [3.05, 3.63) is 5.28 Å². The third-order valence-corrected chi connectivity index (χ3v) is 2.89. The molecule has 1 atom stereocenters. The summed E-state index contributed by atoms with van der Waals surface area (Å²) in [6.07, 6.45) is 1.65. The maximum Gasteiger partial charge on any atom is 0.231 e. The van der Waals surface area contributed by atoms with Crippen molar-refractivity contribution in [3.8, 4) is 0 Å². The molecule has 1 saturated heterocycles. The molecule has 92 valence electrons. The first kappa shape index (κ1) is 11.8. The van der Waals surface area contributed by atoms with Gasteiger partial charge in [0.25, 0.3) is 0 Å². The molecule has 1 aliphatic heterocycles. The van der Waals surface area contributed by atoms with Crippen LogP contribution in [-0.4, -0.2) is 33.9 Å². The predicted octanol–water partition coefficient (Wildman–Crippen LogP) is -0.191. The Morgan fingerprint density at radius 3 is 2.82 bits per heavy atom. The Labute approximate surface area is 103 Å². The molecular weight excluding hydrogens is 244 g/mol.